The number of amides is 2. The van der Waals surface area contributed by atoms with Crippen LogP contribution >= 0.6 is 23.1 Å². The summed E-state index contributed by atoms with van der Waals surface area (Å²) in [5.74, 6) is -1.05. The molecular formula is C13H18N2O3S2. The van der Waals surface area contributed by atoms with E-state index in [2.05, 4.69) is 16.9 Å². The molecule has 2 rings (SSSR count). The number of urea groups is 1. The number of aliphatic carboxylic acids is 1. The summed E-state index contributed by atoms with van der Waals surface area (Å²) in [4.78, 5) is 23.8. The molecule has 0 radical (unpaired) electrons. The molecule has 3 N–H and O–H groups in total. The Labute approximate surface area is 126 Å². The van der Waals surface area contributed by atoms with Crippen LogP contribution in [0.1, 0.15) is 30.2 Å². The van der Waals surface area contributed by atoms with Gasteiger partial charge < -0.3 is 15.7 Å². The number of thioether (sulfide) groups is 1. The minimum atomic E-state index is -1.05. The van der Waals surface area contributed by atoms with Crippen LogP contribution < -0.4 is 10.6 Å². The predicted molar refractivity (Wildman–Crippen MR) is 81.3 cm³/mol. The van der Waals surface area contributed by atoms with Gasteiger partial charge in [0.1, 0.15) is 0 Å². The Morgan fingerprint density at radius 3 is 2.85 bits per heavy atom. The monoisotopic (exact) mass is 314 g/mol. The van der Waals surface area contributed by atoms with E-state index in [9.17, 15) is 14.7 Å². The fourth-order valence-electron chi connectivity index (χ4n) is 2.35. The lowest BCUT2D eigenvalue weighted by molar-refractivity contribution is -0.139. The first-order chi connectivity index (χ1) is 9.60. The van der Waals surface area contributed by atoms with E-state index in [1.807, 2.05) is 11.8 Å². The molecule has 0 bridgehead atoms. The van der Waals surface area contributed by atoms with Crippen molar-refractivity contribution in [2.24, 2.45) is 0 Å². The van der Waals surface area contributed by atoms with E-state index < -0.39 is 18.0 Å². The SMILES string of the molecule is CSC1CCC(NC(=O)NC(C(=O)O)c2cccs2)C1. The van der Waals surface area contributed by atoms with Crippen LogP contribution in [0.15, 0.2) is 17.5 Å². The van der Waals surface area contributed by atoms with Gasteiger partial charge in [0.25, 0.3) is 0 Å². The molecule has 1 aliphatic carbocycles. The Hall–Kier alpha value is -1.21. The zero-order valence-corrected chi connectivity index (χ0v) is 12.8. The molecule has 7 heteroatoms. The zero-order chi connectivity index (χ0) is 14.5. The average molecular weight is 314 g/mol. The molecule has 20 heavy (non-hydrogen) atoms. The summed E-state index contributed by atoms with van der Waals surface area (Å²) in [6, 6.07) is 2.24. The van der Waals surface area contributed by atoms with Gasteiger partial charge >= 0.3 is 12.0 Å². The summed E-state index contributed by atoms with van der Waals surface area (Å²) in [6.07, 6.45) is 5.07. The molecule has 0 spiro atoms. The number of hydrogen-bond acceptors (Lipinski definition) is 4. The summed E-state index contributed by atoms with van der Waals surface area (Å²) >= 11 is 3.14. The number of carboxylic acid groups (broad SMARTS) is 1. The number of carbonyl (C=O) groups excluding carboxylic acids is 1. The van der Waals surface area contributed by atoms with Crippen LogP contribution in [0, 0.1) is 0 Å². The van der Waals surface area contributed by atoms with Crippen molar-refractivity contribution in [1.82, 2.24) is 10.6 Å². The summed E-state index contributed by atoms with van der Waals surface area (Å²) in [5, 5.41) is 17.0. The number of rotatable bonds is 5. The molecule has 0 saturated heterocycles. The van der Waals surface area contributed by atoms with Crippen molar-refractivity contribution in [1.29, 1.82) is 0 Å². The quantitative estimate of drug-likeness (QED) is 0.780. The molecule has 1 heterocycles. The predicted octanol–water partition coefficient (Wildman–Crippen LogP) is 2.46. The number of thiophene rings is 1. The van der Waals surface area contributed by atoms with Gasteiger partial charge in [0.05, 0.1) is 0 Å². The van der Waals surface area contributed by atoms with Gasteiger partial charge in [-0.15, -0.1) is 11.3 Å². The van der Waals surface area contributed by atoms with Crippen LogP contribution in [-0.2, 0) is 4.79 Å². The maximum absolute atomic E-state index is 11.9. The van der Waals surface area contributed by atoms with Crippen LogP contribution in [0.4, 0.5) is 4.79 Å². The molecule has 1 saturated carbocycles. The summed E-state index contributed by atoms with van der Waals surface area (Å²) in [6.45, 7) is 0. The van der Waals surface area contributed by atoms with E-state index in [1.165, 1.54) is 11.3 Å². The summed E-state index contributed by atoms with van der Waals surface area (Å²) < 4.78 is 0. The van der Waals surface area contributed by atoms with E-state index >= 15 is 0 Å². The molecule has 1 aromatic heterocycles. The smallest absolute Gasteiger partial charge is 0.331 e. The lowest BCUT2D eigenvalue weighted by Gasteiger charge is -2.17. The second kappa shape index (κ2) is 6.99. The molecule has 1 aliphatic rings. The van der Waals surface area contributed by atoms with Crippen LogP contribution in [-0.4, -0.2) is 34.7 Å². The van der Waals surface area contributed by atoms with Gasteiger partial charge in [0.2, 0.25) is 0 Å². The third-order valence-electron chi connectivity index (χ3n) is 3.40. The molecule has 2 amide bonds. The average Bonchev–Trinajstić information content (AvgIpc) is 3.06. The summed E-state index contributed by atoms with van der Waals surface area (Å²) in [5.41, 5.74) is 0. The fourth-order valence-corrected chi connectivity index (χ4v) is 3.92. The fraction of sp³-hybridized carbons (Fsp3) is 0.538. The third kappa shape index (κ3) is 3.89. The van der Waals surface area contributed by atoms with Gasteiger partial charge in [0, 0.05) is 16.2 Å². The molecule has 3 unspecified atom stereocenters. The Kier molecular flexibility index (Phi) is 5.31. The normalized spacial score (nSPS) is 23.2. The van der Waals surface area contributed by atoms with E-state index in [0.717, 1.165) is 19.3 Å². The Balaban J connectivity index is 1.88. The van der Waals surface area contributed by atoms with Gasteiger partial charge in [-0.3, -0.25) is 0 Å². The minimum Gasteiger partial charge on any atom is -0.479 e. The molecule has 1 fully saturated rings. The maximum Gasteiger partial charge on any atom is 0.331 e. The highest BCUT2D eigenvalue weighted by Crippen LogP contribution is 2.28. The van der Waals surface area contributed by atoms with Crippen molar-refractivity contribution >= 4 is 35.1 Å². The minimum absolute atomic E-state index is 0.144. The summed E-state index contributed by atoms with van der Waals surface area (Å²) in [7, 11) is 0. The lowest BCUT2D eigenvalue weighted by atomic mass is 10.2. The number of carboxylic acids is 1. The van der Waals surface area contributed by atoms with Gasteiger partial charge in [0.15, 0.2) is 6.04 Å². The van der Waals surface area contributed by atoms with Crippen LogP contribution in [0.25, 0.3) is 0 Å². The topological polar surface area (TPSA) is 78.4 Å². The highest BCUT2D eigenvalue weighted by Gasteiger charge is 2.27. The van der Waals surface area contributed by atoms with E-state index in [4.69, 9.17) is 0 Å². The van der Waals surface area contributed by atoms with Crippen molar-refractivity contribution in [2.45, 2.75) is 36.6 Å². The Morgan fingerprint density at radius 2 is 2.30 bits per heavy atom. The third-order valence-corrected chi connectivity index (χ3v) is 5.44. The standard InChI is InChI=1S/C13H18N2O3S2/c1-19-9-5-4-8(7-9)14-13(18)15-11(12(16)17)10-3-2-6-20-10/h2-3,6,8-9,11H,4-5,7H2,1H3,(H,16,17)(H2,14,15,18). The first kappa shape index (κ1) is 15.2. The molecule has 110 valence electrons. The van der Waals surface area contributed by atoms with Gasteiger partial charge in [-0.1, -0.05) is 6.07 Å². The number of nitrogens with one attached hydrogen (secondary N) is 2. The lowest BCUT2D eigenvalue weighted by Crippen LogP contribution is -2.44. The second-order valence-electron chi connectivity index (χ2n) is 4.77. The van der Waals surface area contributed by atoms with E-state index in [-0.39, 0.29) is 6.04 Å². The van der Waals surface area contributed by atoms with Gasteiger partial charge in [-0.2, -0.15) is 11.8 Å². The van der Waals surface area contributed by atoms with Crippen molar-refractivity contribution in [2.75, 3.05) is 6.26 Å². The van der Waals surface area contributed by atoms with Crippen LogP contribution in [0.5, 0.6) is 0 Å². The highest BCUT2D eigenvalue weighted by atomic mass is 32.2. The molecule has 0 aromatic carbocycles. The van der Waals surface area contributed by atoms with Crippen molar-refractivity contribution < 1.29 is 14.7 Å². The second-order valence-corrected chi connectivity index (χ2v) is 6.89. The largest absolute Gasteiger partial charge is 0.479 e. The molecule has 5 nitrogen and oxygen atoms in total. The van der Waals surface area contributed by atoms with Crippen molar-refractivity contribution in [3.05, 3.63) is 22.4 Å². The van der Waals surface area contributed by atoms with E-state index in [0.29, 0.717) is 10.1 Å². The van der Waals surface area contributed by atoms with Gasteiger partial charge in [-0.25, -0.2) is 9.59 Å². The van der Waals surface area contributed by atoms with Crippen LogP contribution in [0.2, 0.25) is 0 Å². The Bertz CT molecular complexity index is 464. The van der Waals surface area contributed by atoms with E-state index in [1.54, 1.807) is 17.5 Å². The van der Waals surface area contributed by atoms with Crippen LogP contribution in [0.3, 0.4) is 0 Å². The zero-order valence-electron chi connectivity index (χ0n) is 11.2. The van der Waals surface area contributed by atoms with Crippen molar-refractivity contribution in [3.63, 3.8) is 0 Å². The van der Waals surface area contributed by atoms with Gasteiger partial charge in [-0.05, 0) is 37.0 Å². The first-order valence-corrected chi connectivity index (χ1v) is 8.63. The maximum atomic E-state index is 11.9. The highest BCUT2D eigenvalue weighted by molar-refractivity contribution is 7.99. The number of hydrogen-bond donors (Lipinski definition) is 3. The number of carbonyl (C=O) groups is 2. The molecule has 1 aromatic rings. The molecule has 3 atom stereocenters. The Morgan fingerprint density at radius 1 is 1.50 bits per heavy atom. The van der Waals surface area contributed by atoms with Crippen molar-refractivity contribution in [3.8, 4) is 0 Å². The first-order valence-electron chi connectivity index (χ1n) is 6.46. The molecular weight excluding hydrogens is 296 g/mol. The molecule has 0 aliphatic heterocycles.